The third-order valence-corrected chi connectivity index (χ3v) is 3.75. The van der Waals surface area contributed by atoms with E-state index in [4.69, 9.17) is 11.6 Å². The molecule has 0 bridgehead atoms. The number of pyridine rings is 1. The van der Waals surface area contributed by atoms with Crippen molar-refractivity contribution in [3.63, 3.8) is 0 Å². The van der Waals surface area contributed by atoms with E-state index in [1.165, 1.54) is 0 Å². The Bertz CT molecular complexity index is 449. The van der Waals surface area contributed by atoms with E-state index in [0.717, 1.165) is 16.2 Å². The first-order valence-corrected chi connectivity index (χ1v) is 5.97. The van der Waals surface area contributed by atoms with Gasteiger partial charge in [-0.05, 0) is 23.1 Å². The fourth-order valence-corrected chi connectivity index (χ4v) is 2.60. The van der Waals surface area contributed by atoms with E-state index in [9.17, 15) is 0 Å². The van der Waals surface area contributed by atoms with E-state index >= 15 is 0 Å². The Morgan fingerprint density at radius 3 is 2.87 bits per heavy atom. The number of hydrogen-bond acceptors (Lipinski definition) is 2. The molecule has 0 atom stereocenters. The molecule has 0 aromatic carbocycles. The summed E-state index contributed by atoms with van der Waals surface area (Å²) in [5.41, 5.74) is 1.92. The molecule has 1 aromatic rings. The van der Waals surface area contributed by atoms with Gasteiger partial charge in [0.05, 0.1) is 5.69 Å². The van der Waals surface area contributed by atoms with Gasteiger partial charge in [-0.2, -0.15) is 0 Å². The van der Waals surface area contributed by atoms with Crippen molar-refractivity contribution in [1.82, 2.24) is 4.98 Å². The minimum atomic E-state index is -0.153. The summed E-state index contributed by atoms with van der Waals surface area (Å²) in [5.74, 6) is 0. The predicted octanol–water partition coefficient (Wildman–Crippen LogP) is 4.19. The molecule has 1 nitrogen and oxygen atoms in total. The smallest absolute Gasteiger partial charge is 0.129 e. The summed E-state index contributed by atoms with van der Waals surface area (Å²) in [5, 5.41) is 2.59. The molecule has 78 valence electrons. The Labute approximate surface area is 99.2 Å². The topological polar surface area (TPSA) is 12.9 Å². The lowest BCUT2D eigenvalue weighted by atomic mass is 9.81. The van der Waals surface area contributed by atoms with Crippen LogP contribution in [0.4, 0.5) is 0 Å². The van der Waals surface area contributed by atoms with Gasteiger partial charge in [-0.1, -0.05) is 49.9 Å². The fourth-order valence-electron chi connectivity index (χ4n) is 1.52. The van der Waals surface area contributed by atoms with Gasteiger partial charge in [0, 0.05) is 10.3 Å². The van der Waals surface area contributed by atoms with E-state index in [0.29, 0.717) is 5.15 Å². The number of allylic oxidation sites excluding steroid dienone is 2. The maximum atomic E-state index is 5.93. The zero-order chi connectivity index (χ0) is 11.1. The molecule has 1 aromatic heterocycles. The van der Waals surface area contributed by atoms with Crippen molar-refractivity contribution < 1.29 is 0 Å². The highest BCUT2D eigenvalue weighted by Crippen LogP contribution is 2.40. The third-order valence-electron chi connectivity index (χ3n) is 2.68. The highest BCUT2D eigenvalue weighted by atomic mass is 35.5. The Hall–Kier alpha value is -0.730. The number of nitrogens with zero attached hydrogens (tertiary/aromatic N) is 1. The molecular formula is C12H12ClNS. The van der Waals surface area contributed by atoms with Crippen LogP contribution in [0.3, 0.4) is 0 Å². The molecule has 3 heteroatoms. The second-order valence-corrected chi connectivity index (χ2v) is 5.39. The van der Waals surface area contributed by atoms with Crippen molar-refractivity contribution in [3.05, 3.63) is 46.6 Å². The van der Waals surface area contributed by atoms with Crippen molar-refractivity contribution >= 4 is 23.4 Å². The molecule has 0 radical (unpaired) electrons. The van der Waals surface area contributed by atoms with Gasteiger partial charge in [0.25, 0.3) is 0 Å². The second kappa shape index (κ2) is 3.69. The fraction of sp³-hybridized carbons (Fsp3) is 0.250. The highest BCUT2D eigenvalue weighted by Gasteiger charge is 2.29. The summed E-state index contributed by atoms with van der Waals surface area (Å²) in [4.78, 5) is 5.57. The van der Waals surface area contributed by atoms with Crippen molar-refractivity contribution in [2.45, 2.75) is 24.2 Å². The molecule has 0 aliphatic carbocycles. The molecule has 1 aliphatic heterocycles. The van der Waals surface area contributed by atoms with Gasteiger partial charge in [-0.15, -0.1) is 0 Å². The molecular weight excluding hydrogens is 226 g/mol. The number of rotatable bonds is 0. The summed E-state index contributed by atoms with van der Waals surface area (Å²) in [6, 6.07) is 3.84. The van der Waals surface area contributed by atoms with Gasteiger partial charge < -0.3 is 0 Å². The standard InChI is InChI=1S/C12H12ClNS/c1-8-6-7-15-9-4-5-10(13)14-11(9)12(8,2)3/h4-7H,1H2,2-3H3. The Morgan fingerprint density at radius 1 is 1.40 bits per heavy atom. The number of aromatic nitrogens is 1. The van der Waals surface area contributed by atoms with Crippen LogP contribution in [-0.4, -0.2) is 4.98 Å². The van der Waals surface area contributed by atoms with Crippen molar-refractivity contribution in [3.8, 4) is 0 Å². The van der Waals surface area contributed by atoms with Crippen molar-refractivity contribution in [1.29, 1.82) is 0 Å². The molecule has 0 saturated carbocycles. The molecule has 1 aliphatic rings. The first-order chi connectivity index (χ1) is 7.01. The van der Waals surface area contributed by atoms with Gasteiger partial charge in [-0.25, -0.2) is 4.98 Å². The molecule has 0 unspecified atom stereocenters. The first kappa shape index (κ1) is 10.8. The average Bonchev–Trinajstić information content (AvgIpc) is 2.28. The van der Waals surface area contributed by atoms with Crippen LogP contribution in [0.2, 0.25) is 5.15 Å². The Kier molecular flexibility index (Phi) is 2.65. The van der Waals surface area contributed by atoms with Crippen LogP contribution in [-0.2, 0) is 5.41 Å². The van der Waals surface area contributed by atoms with E-state index in [1.807, 2.05) is 23.6 Å². The SMILES string of the molecule is C=C1C=CSc2ccc(Cl)nc2C1(C)C. The second-order valence-electron chi connectivity index (χ2n) is 4.05. The number of fused-ring (bicyclic) bond motifs is 1. The van der Waals surface area contributed by atoms with Crippen LogP contribution >= 0.6 is 23.4 Å². The number of halogens is 1. The van der Waals surface area contributed by atoms with Crippen LogP contribution in [0.15, 0.2) is 40.7 Å². The Morgan fingerprint density at radius 2 is 2.13 bits per heavy atom. The third kappa shape index (κ3) is 1.84. The monoisotopic (exact) mass is 237 g/mol. The van der Waals surface area contributed by atoms with Crippen LogP contribution < -0.4 is 0 Å². The summed E-state index contributed by atoms with van der Waals surface area (Å²) < 4.78 is 0. The van der Waals surface area contributed by atoms with E-state index < -0.39 is 0 Å². The quantitative estimate of drug-likeness (QED) is 0.628. The predicted molar refractivity (Wildman–Crippen MR) is 66.4 cm³/mol. The lowest BCUT2D eigenvalue weighted by molar-refractivity contribution is 0.603. The summed E-state index contributed by atoms with van der Waals surface area (Å²) in [6.07, 6.45) is 2.04. The molecule has 0 fully saturated rings. The van der Waals surface area contributed by atoms with E-state index in [-0.39, 0.29) is 5.41 Å². The first-order valence-electron chi connectivity index (χ1n) is 4.71. The molecule has 2 heterocycles. The summed E-state index contributed by atoms with van der Waals surface area (Å²) >= 11 is 7.60. The average molecular weight is 238 g/mol. The summed E-state index contributed by atoms with van der Waals surface area (Å²) in [7, 11) is 0. The lowest BCUT2D eigenvalue weighted by Crippen LogP contribution is -2.20. The van der Waals surface area contributed by atoms with Crippen LogP contribution in [0.25, 0.3) is 0 Å². The zero-order valence-corrected chi connectivity index (χ0v) is 10.3. The van der Waals surface area contributed by atoms with Crippen LogP contribution in [0.5, 0.6) is 0 Å². The van der Waals surface area contributed by atoms with Gasteiger partial charge >= 0.3 is 0 Å². The molecule has 0 amide bonds. The Balaban J connectivity index is 2.65. The molecule has 0 saturated heterocycles. The minimum Gasteiger partial charge on any atom is -0.239 e. The van der Waals surface area contributed by atoms with E-state index in [1.54, 1.807) is 11.8 Å². The van der Waals surface area contributed by atoms with Crippen LogP contribution in [0.1, 0.15) is 19.5 Å². The molecule has 0 spiro atoms. The lowest BCUT2D eigenvalue weighted by Gasteiger charge is -2.25. The maximum Gasteiger partial charge on any atom is 0.129 e. The van der Waals surface area contributed by atoms with Gasteiger partial charge in [0.2, 0.25) is 0 Å². The van der Waals surface area contributed by atoms with Gasteiger partial charge in [0.15, 0.2) is 0 Å². The molecule has 2 rings (SSSR count). The van der Waals surface area contributed by atoms with Gasteiger partial charge in [-0.3, -0.25) is 0 Å². The van der Waals surface area contributed by atoms with Crippen molar-refractivity contribution in [2.75, 3.05) is 0 Å². The number of thioether (sulfide) groups is 1. The molecule has 15 heavy (non-hydrogen) atoms. The minimum absolute atomic E-state index is 0.153. The van der Waals surface area contributed by atoms with Gasteiger partial charge in [0.1, 0.15) is 5.15 Å². The number of hydrogen-bond donors (Lipinski definition) is 0. The largest absolute Gasteiger partial charge is 0.239 e. The maximum absolute atomic E-state index is 5.93. The van der Waals surface area contributed by atoms with Crippen molar-refractivity contribution in [2.24, 2.45) is 0 Å². The molecule has 0 N–H and O–H groups in total. The highest BCUT2D eigenvalue weighted by molar-refractivity contribution is 8.02. The van der Waals surface area contributed by atoms with E-state index in [2.05, 4.69) is 25.4 Å². The zero-order valence-electron chi connectivity index (χ0n) is 8.75. The summed E-state index contributed by atoms with van der Waals surface area (Å²) in [6.45, 7) is 8.31. The normalized spacial score (nSPS) is 18.5. The van der Waals surface area contributed by atoms with Crippen LogP contribution in [0, 0.1) is 0 Å².